The number of carboxylic acid groups (broad SMARTS) is 1. The van der Waals surface area contributed by atoms with Gasteiger partial charge < -0.3 is 15.1 Å². The molecular formula is C12H14N2O4. The molecule has 0 unspecified atom stereocenters. The Morgan fingerprint density at radius 2 is 2.00 bits per heavy atom. The third-order valence-corrected chi connectivity index (χ3v) is 3.16. The van der Waals surface area contributed by atoms with E-state index < -0.39 is 5.97 Å². The van der Waals surface area contributed by atoms with Gasteiger partial charge >= 0.3 is 5.97 Å². The van der Waals surface area contributed by atoms with Crippen molar-refractivity contribution >= 4 is 11.9 Å². The van der Waals surface area contributed by atoms with Gasteiger partial charge in [0.15, 0.2) is 0 Å². The second kappa shape index (κ2) is 5.03. The molecule has 1 saturated heterocycles. The van der Waals surface area contributed by atoms with Crippen LogP contribution in [0.2, 0.25) is 0 Å². The molecule has 1 amide bonds. The van der Waals surface area contributed by atoms with Crippen LogP contribution in [0.25, 0.3) is 0 Å². The van der Waals surface area contributed by atoms with Gasteiger partial charge in [-0.15, -0.1) is 0 Å². The number of likely N-dealkylation sites (tertiary alicyclic amines) is 1. The van der Waals surface area contributed by atoms with Crippen LogP contribution < -0.4 is 0 Å². The molecule has 1 aromatic heterocycles. The molecule has 0 aliphatic carbocycles. The fourth-order valence-corrected chi connectivity index (χ4v) is 2.07. The van der Waals surface area contributed by atoms with Crippen LogP contribution in [0.3, 0.4) is 0 Å². The average Bonchev–Trinajstić information content (AvgIpc) is 2.38. The van der Waals surface area contributed by atoms with E-state index in [1.165, 1.54) is 18.5 Å². The fourth-order valence-electron chi connectivity index (χ4n) is 2.07. The smallest absolute Gasteiger partial charge is 0.306 e. The number of aromatic nitrogens is 1. The van der Waals surface area contributed by atoms with E-state index in [1.807, 2.05) is 0 Å². The zero-order chi connectivity index (χ0) is 13.1. The molecule has 0 radical (unpaired) electrons. The molecule has 6 nitrogen and oxygen atoms in total. The topological polar surface area (TPSA) is 90.7 Å². The molecule has 6 heteroatoms. The SMILES string of the molecule is O=C(O)C1CCN(C(=O)c2ccncc2O)CC1. The molecule has 0 aromatic carbocycles. The number of nitrogens with zero attached hydrogens (tertiary/aromatic N) is 2. The first-order valence-corrected chi connectivity index (χ1v) is 5.74. The van der Waals surface area contributed by atoms with E-state index in [4.69, 9.17) is 5.11 Å². The lowest BCUT2D eigenvalue weighted by atomic mass is 9.96. The summed E-state index contributed by atoms with van der Waals surface area (Å²) in [5.74, 6) is -1.62. The van der Waals surface area contributed by atoms with Crippen molar-refractivity contribution in [1.29, 1.82) is 0 Å². The van der Waals surface area contributed by atoms with Gasteiger partial charge in [-0.2, -0.15) is 0 Å². The van der Waals surface area contributed by atoms with Crippen LogP contribution in [0.4, 0.5) is 0 Å². The van der Waals surface area contributed by atoms with Crippen LogP contribution in [0, 0.1) is 5.92 Å². The normalized spacial score (nSPS) is 16.6. The number of pyridine rings is 1. The van der Waals surface area contributed by atoms with Gasteiger partial charge in [0, 0.05) is 19.3 Å². The fraction of sp³-hybridized carbons (Fsp3) is 0.417. The maximum absolute atomic E-state index is 12.1. The van der Waals surface area contributed by atoms with Crippen LogP contribution in [0.15, 0.2) is 18.5 Å². The van der Waals surface area contributed by atoms with Gasteiger partial charge in [0.1, 0.15) is 5.75 Å². The molecule has 1 aliphatic rings. The number of carbonyl (C=O) groups excluding carboxylic acids is 1. The molecule has 2 heterocycles. The van der Waals surface area contributed by atoms with Crippen LogP contribution in [0.5, 0.6) is 5.75 Å². The minimum absolute atomic E-state index is 0.150. The van der Waals surface area contributed by atoms with Crippen molar-refractivity contribution in [2.45, 2.75) is 12.8 Å². The van der Waals surface area contributed by atoms with Crippen molar-refractivity contribution in [3.8, 4) is 5.75 Å². The Morgan fingerprint density at radius 1 is 1.33 bits per heavy atom. The molecule has 1 aromatic rings. The Hall–Kier alpha value is -2.11. The zero-order valence-corrected chi connectivity index (χ0v) is 9.74. The molecule has 0 saturated carbocycles. The second-order valence-electron chi connectivity index (χ2n) is 4.30. The minimum Gasteiger partial charge on any atom is -0.505 e. The molecule has 1 aliphatic heterocycles. The van der Waals surface area contributed by atoms with Crippen LogP contribution in [-0.2, 0) is 4.79 Å². The minimum atomic E-state index is -0.811. The molecule has 2 rings (SSSR count). The predicted octanol–water partition coefficient (Wildman–Crippen LogP) is 0.724. The van der Waals surface area contributed by atoms with Gasteiger partial charge in [0.25, 0.3) is 5.91 Å². The summed E-state index contributed by atoms with van der Waals surface area (Å²) in [6.07, 6.45) is 3.56. The predicted molar refractivity (Wildman–Crippen MR) is 62.2 cm³/mol. The summed E-state index contributed by atoms with van der Waals surface area (Å²) >= 11 is 0. The monoisotopic (exact) mass is 250 g/mol. The molecule has 18 heavy (non-hydrogen) atoms. The standard InChI is InChI=1S/C12H14N2O4/c15-10-7-13-4-1-9(10)11(16)14-5-2-8(3-6-14)12(17)18/h1,4,7-8,15H,2-3,5-6H2,(H,17,18). The van der Waals surface area contributed by atoms with E-state index in [0.29, 0.717) is 25.9 Å². The maximum Gasteiger partial charge on any atom is 0.306 e. The molecule has 0 spiro atoms. The first-order valence-electron chi connectivity index (χ1n) is 5.74. The van der Waals surface area contributed by atoms with Gasteiger partial charge in [-0.3, -0.25) is 14.6 Å². The number of hydrogen-bond acceptors (Lipinski definition) is 4. The van der Waals surface area contributed by atoms with Gasteiger partial charge in [-0.25, -0.2) is 0 Å². The summed E-state index contributed by atoms with van der Waals surface area (Å²) in [4.78, 5) is 28.2. The molecule has 0 bridgehead atoms. The lowest BCUT2D eigenvalue weighted by Gasteiger charge is -2.30. The number of hydrogen-bond donors (Lipinski definition) is 2. The zero-order valence-electron chi connectivity index (χ0n) is 9.74. The summed E-state index contributed by atoms with van der Waals surface area (Å²) in [5.41, 5.74) is 0.207. The van der Waals surface area contributed by atoms with Crippen molar-refractivity contribution in [1.82, 2.24) is 9.88 Å². The van der Waals surface area contributed by atoms with Crippen molar-refractivity contribution in [3.63, 3.8) is 0 Å². The van der Waals surface area contributed by atoms with Crippen molar-refractivity contribution in [3.05, 3.63) is 24.0 Å². The highest BCUT2D eigenvalue weighted by atomic mass is 16.4. The Bertz CT molecular complexity index is 467. The van der Waals surface area contributed by atoms with Gasteiger partial charge in [-0.05, 0) is 18.9 Å². The maximum atomic E-state index is 12.1. The lowest BCUT2D eigenvalue weighted by molar-refractivity contribution is -0.143. The second-order valence-corrected chi connectivity index (χ2v) is 4.30. The number of aliphatic carboxylic acids is 1. The number of rotatable bonds is 2. The van der Waals surface area contributed by atoms with Crippen molar-refractivity contribution in [2.75, 3.05) is 13.1 Å². The molecule has 0 atom stereocenters. The first-order chi connectivity index (χ1) is 8.59. The van der Waals surface area contributed by atoms with Gasteiger partial charge in [0.2, 0.25) is 0 Å². The number of carboxylic acids is 1. The Morgan fingerprint density at radius 3 is 2.56 bits per heavy atom. The summed E-state index contributed by atoms with van der Waals surface area (Å²) in [5, 5.41) is 18.4. The molecule has 2 N–H and O–H groups in total. The molecule has 1 fully saturated rings. The quantitative estimate of drug-likeness (QED) is 0.807. The van der Waals surface area contributed by atoms with Crippen molar-refractivity contribution < 1.29 is 19.8 Å². The van der Waals surface area contributed by atoms with Crippen molar-refractivity contribution in [2.24, 2.45) is 5.92 Å². The Labute approximate surface area is 104 Å². The Balaban J connectivity index is 2.04. The third kappa shape index (κ3) is 2.42. The number of aromatic hydroxyl groups is 1. The van der Waals surface area contributed by atoms with E-state index in [-0.39, 0.29) is 23.1 Å². The third-order valence-electron chi connectivity index (χ3n) is 3.16. The lowest BCUT2D eigenvalue weighted by Crippen LogP contribution is -2.40. The number of piperidine rings is 1. The van der Waals surface area contributed by atoms with E-state index >= 15 is 0 Å². The summed E-state index contributed by atoms with van der Waals surface area (Å²) in [6.45, 7) is 0.801. The van der Waals surface area contributed by atoms with Gasteiger partial charge in [0.05, 0.1) is 17.7 Å². The van der Waals surface area contributed by atoms with E-state index in [0.717, 1.165) is 0 Å². The largest absolute Gasteiger partial charge is 0.505 e. The summed E-state index contributed by atoms with van der Waals surface area (Å²) < 4.78 is 0. The average molecular weight is 250 g/mol. The van der Waals surface area contributed by atoms with Gasteiger partial charge in [-0.1, -0.05) is 0 Å². The number of amides is 1. The van der Waals surface area contributed by atoms with E-state index in [9.17, 15) is 14.7 Å². The highest BCUT2D eigenvalue weighted by Crippen LogP contribution is 2.22. The van der Waals surface area contributed by atoms with E-state index in [2.05, 4.69) is 4.98 Å². The first kappa shape index (κ1) is 12.3. The van der Waals surface area contributed by atoms with Crippen LogP contribution in [-0.4, -0.2) is 45.1 Å². The van der Waals surface area contributed by atoms with E-state index in [1.54, 1.807) is 4.90 Å². The Kier molecular flexibility index (Phi) is 3.45. The molecular weight excluding hydrogens is 236 g/mol. The van der Waals surface area contributed by atoms with Crippen LogP contribution >= 0.6 is 0 Å². The molecule has 96 valence electrons. The summed E-state index contributed by atoms with van der Waals surface area (Å²) in [6, 6.07) is 1.46. The number of carbonyl (C=O) groups is 2. The van der Waals surface area contributed by atoms with Crippen LogP contribution in [0.1, 0.15) is 23.2 Å². The summed E-state index contributed by atoms with van der Waals surface area (Å²) in [7, 11) is 0. The highest BCUT2D eigenvalue weighted by Gasteiger charge is 2.28. The highest BCUT2D eigenvalue weighted by molar-refractivity contribution is 5.96.